The Morgan fingerprint density at radius 2 is 1.69 bits per heavy atom. The molecule has 1 amide bonds. The van der Waals surface area contributed by atoms with Gasteiger partial charge in [-0.25, -0.2) is 9.97 Å². The Morgan fingerprint density at radius 1 is 1.06 bits per heavy atom. The van der Waals surface area contributed by atoms with Gasteiger partial charge in [-0.15, -0.1) is 0 Å². The highest BCUT2D eigenvalue weighted by atomic mass is 79.9. The van der Waals surface area contributed by atoms with Crippen LogP contribution >= 0.6 is 15.9 Å². The third-order valence-corrected chi connectivity index (χ3v) is 9.18. The van der Waals surface area contributed by atoms with Gasteiger partial charge in [-0.05, 0) is 28.0 Å². The number of nitrogens with one attached hydrogen (secondary N) is 1. The number of ether oxygens (including phenoxy) is 3. The summed E-state index contributed by atoms with van der Waals surface area (Å²) in [6.45, 7) is 21.0. The summed E-state index contributed by atoms with van der Waals surface area (Å²) < 4.78 is 19.7. The van der Waals surface area contributed by atoms with E-state index in [1.54, 1.807) is 12.4 Å². The Kier molecular flexibility index (Phi) is 11.1. The number of carbonyl (C=O) groups is 1. The van der Waals surface area contributed by atoms with Crippen molar-refractivity contribution in [1.29, 1.82) is 0 Å². The molecule has 0 saturated heterocycles. The van der Waals surface area contributed by atoms with E-state index in [0.29, 0.717) is 47.8 Å². The summed E-state index contributed by atoms with van der Waals surface area (Å²) in [5.74, 6) is -0.192. The first kappa shape index (κ1) is 30.1. The maximum atomic E-state index is 13.1. The third-order valence-electron chi connectivity index (χ3n) is 5.39. The van der Waals surface area contributed by atoms with E-state index in [0.717, 1.165) is 18.7 Å². The van der Waals surface area contributed by atoms with Gasteiger partial charge in [0.1, 0.15) is 23.6 Å². The number of hydrogen-bond acceptors (Lipinski definition) is 6. The minimum atomic E-state index is -1.17. The van der Waals surface area contributed by atoms with Gasteiger partial charge in [-0.1, -0.05) is 53.1 Å². The topological polar surface area (TPSA) is 87.5 Å². The van der Waals surface area contributed by atoms with Crippen molar-refractivity contribution in [2.45, 2.75) is 71.9 Å². The molecule has 0 saturated carbocycles. The van der Waals surface area contributed by atoms with Gasteiger partial charge in [-0.2, -0.15) is 0 Å². The van der Waals surface area contributed by atoms with Crippen LogP contribution in [0.5, 0.6) is 0 Å². The number of nitrogens with zero attached hydrogens (tertiary/aromatic N) is 3. The standard InChI is InChI=1S/C24H43BrN4O4Si2/c1-24(2,16-33-18-32-10-12-35(6,7)8)15-27-23(30)19-14-29(17-31-9-11-34(3,4)5)22-21(19)28-20(25)13-26-22/h13-14H,9-12,15-18H2,1-8H3,(H,27,30). The van der Waals surface area contributed by atoms with Gasteiger partial charge in [-0.3, -0.25) is 4.79 Å². The summed E-state index contributed by atoms with van der Waals surface area (Å²) in [7, 11) is -2.27. The molecule has 11 heteroatoms. The predicted molar refractivity (Wildman–Crippen MR) is 150 cm³/mol. The highest BCUT2D eigenvalue weighted by Gasteiger charge is 2.23. The molecule has 0 aliphatic rings. The van der Waals surface area contributed by atoms with E-state index in [4.69, 9.17) is 14.2 Å². The van der Waals surface area contributed by atoms with E-state index < -0.39 is 16.1 Å². The number of fused-ring (bicyclic) bond motifs is 1. The molecule has 8 nitrogen and oxygen atoms in total. The summed E-state index contributed by atoms with van der Waals surface area (Å²) >= 11 is 3.37. The number of rotatable bonds is 15. The van der Waals surface area contributed by atoms with Crippen LogP contribution in [0, 0.1) is 5.41 Å². The summed E-state index contributed by atoms with van der Waals surface area (Å²) in [6, 6.07) is 2.20. The van der Waals surface area contributed by atoms with Crippen molar-refractivity contribution in [3.63, 3.8) is 0 Å². The number of aromatic nitrogens is 3. The highest BCUT2D eigenvalue weighted by molar-refractivity contribution is 9.10. The Bertz CT molecular complexity index is 971. The first-order chi connectivity index (χ1) is 16.2. The Hall–Kier alpha value is -1.12. The molecule has 0 bridgehead atoms. The second-order valence-corrected chi connectivity index (χ2v) is 24.3. The van der Waals surface area contributed by atoms with Crippen LogP contribution in [0.15, 0.2) is 17.0 Å². The third kappa shape index (κ3) is 11.2. The molecular formula is C24H43BrN4O4Si2. The van der Waals surface area contributed by atoms with Crippen molar-refractivity contribution >= 4 is 49.1 Å². The Labute approximate surface area is 220 Å². The molecule has 35 heavy (non-hydrogen) atoms. The SMILES string of the molecule is CC(C)(CNC(=O)c1cn(COCC[Si](C)(C)C)c2ncc(Br)nc12)COCOCC[Si](C)(C)C. The fraction of sp³-hybridized carbons (Fsp3) is 0.708. The number of carbonyl (C=O) groups excluding carboxylic acids is 1. The molecule has 0 unspecified atom stereocenters. The van der Waals surface area contributed by atoms with Crippen molar-refractivity contribution < 1.29 is 19.0 Å². The van der Waals surface area contributed by atoms with Crippen molar-refractivity contribution in [2.24, 2.45) is 5.41 Å². The number of hydrogen-bond donors (Lipinski definition) is 1. The second-order valence-electron chi connectivity index (χ2n) is 12.3. The Morgan fingerprint density at radius 3 is 2.31 bits per heavy atom. The minimum absolute atomic E-state index is 0.192. The zero-order valence-electron chi connectivity index (χ0n) is 22.7. The number of amides is 1. The van der Waals surface area contributed by atoms with Crippen LogP contribution in [-0.4, -0.2) is 69.7 Å². The van der Waals surface area contributed by atoms with Crippen LogP contribution in [-0.2, 0) is 20.9 Å². The average molecular weight is 588 g/mol. The lowest BCUT2D eigenvalue weighted by Gasteiger charge is -2.25. The van der Waals surface area contributed by atoms with E-state index in [2.05, 4.69) is 84.3 Å². The molecule has 0 aromatic carbocycles. The lowest BCUT2D eigenvalue weighted by Crippen LogP contribution is -2.37. The van der Waals surface area contributed by atoms with E-state index in [1.165, 1.54) is 0 Å². The number of halogens is 1. The molecule has 0 atom stereocenters. The summed E-state index contributed by atoms with van der Waals surface area (Å²) in [5, 5.41) is 3.04. The van der Waals surface area contributed by atoms with Crippen LogP contribution in [0.1, 0.15) is 24.2 Å². The molecule has 2 heterocycles. The molecule has 0 spiro atoms. The maximum absolute atomic E-state index is 13.1. The van der Waals surface area contributed by atoms with E-state index in [1.807, 2.05) is 4.57 Å². The predicted octanol–water partition coefficient (Wildman–Crippen LogP) is 5.59. The van der Waals surface area contributed by atoms with Gasteiger partial charge in [0.15, 0.2) is 5.65 Å². The van der Waals surface area contributed by atoms with E-state index in [9.17, 15) is 4.79 Å². The maximum Gasteiger partial charge on any atom is 0.255 e. The first-order valence-electron chi connectivity index (χ1n) is 12.2. The molecule has 1 N–H and O–H groups in total. The molecule has 0 aliphatic heterocycles. The molecule has 2 aromatic heterocycles. The Balaban J connectivity index is 1.93. The fourth-order valence-corrected chi connectivity index (χ4v) is 4.91. The monoisotopic (exact) mass is 586 g/mol. The van der Waals surface area contributed by atoms with Crippen molar-refractivity contribution in [1.82, 2.24) is 19.9 Å². The first-order valence-corrected chi connectivity index (χ1v) is 20.4. The molecule has 0 aliphatic carbocycles. The smallest absolute Gasteiger partial charge is 0.255 e. The lowest BCUT2D eigenvalue weighted by atomic mass is 9.95. The fourth-order valence-electron chi connectivity index (χ4n) is 3.12. The van der Waals surface area contributed by atoms with Crippen LogP contribution in [0.25, 0.3) is 11.2 Å². The quantitative estimate of drug-likeness (QED) is 0.166. The summed E-state index contributed by atoms with van der Waals surface area (Å²) in [5.41, 5.74) is 1.41. The van der Waals surface area contributed by atoms with Crippen LogP contribution in [0.2, 0.25) is 51.4 Å². The van der Waals surface area contributed by atoms with Crippen molar-refractivity contribution in [2.75, 3.05) is 33.2 Å². The molecule has 198 valence electrons. The lowest BCUT2D eigenvalue weighted by molar-refractivity contribution is -0.0725. The van der Waals surface area contributed by atoms with Crippen molar-refractivity contribution in [3.05, 3.63) is 22.6 Å². The van der Waals surface area contributed by atoms with Gasteiger partial charge in [0, 0.05) is 47.5 Å². The molecule has 2 aromatic rings. The van der Waals surface area contributed by atoms with Crippen LogP contribution in [0.3, 0.4) is 0 Å². The average Bonchev–Trinajstić information content (AvgIpc) is 3.08. The van der Waals surface area contributed by atoms with Gasteiger partial charge in [0.25, 0.3) is 5.91 Å². The van der Waals surface area contributed by atoms with Gasteiger partial charge >= 0.3 is 0 Å². The van der Waals surface area contributed by atoms with Crippen LogP contribution in [0.4, 0.5) is 0 Å². The van der Waals surface area contributed by atoms with Crippen LogP contribution < -0.4 is 5.32 Å². The van der Waals surface area contributed by atoms with E-state index >= 15 is 0 Å². The highest BCUT2D eigenvalue weighted by Crippen LogP contribution is 2.21. The van der Waals surface area contributed by atoms with E-state index in [-0.39, 0.29) is 18.1 Å². The second kappa shape index (κ2) is 12.9. The molecule has 2 rings (SSSR count). The summed E-state index contributed by atoms with van der Waals surface area (Å²) in [4.78, 5) is 22.1. The van der Waals surface area contributed by atoms with Gasteiger partial charge < -0.3 is 24.1 Å². The largest absolute Gasteiger partial charge is 0.361 e. The van der Waals surface area contributed by atoms with Gasteiger partial charge in [0.2, 0.25) is 0 Å². The zero-order chi connectivity index (χ0) is 26.3. The summed E-state index contributed by atoms with van der Waals surface area (Å²) in [6.07, 6.45) is 3.41. The molecule has 0 radical (unpaired) electrons. The normalized spacial score (nSPS) is 12.9. The zero-order valence-corrected chi connectivity index (χ0v) is 26.3. The van der Waals surface area contributed by atoms with Gasteiger partial charge in [0.05, 0.1) is 18.4 Å². The molecular weight excluding hydrogens is 544 g/mol. The minimum Gasteiger partial charge on any atom is -0.361 e. The van der Waals surface area contributed by atoms with Crippen molar-refractivity contribution in [3.8, 4) is 0 Å². The molecule has 0 fully saturated rings.